The number of benzene rings is 1. The van der Waals surface area contributed by atoms with Gasteiger partial charge in [-0.05, 0) is 92.2 Å². The van der Waals surface area contributed by atoms with Gasteiger partial charge >= 0.3 is 0 Å². The van der Waals surface area contributed by atoms with Crippen LogP contribution in [-0.2, 0) is 4.79 Å². The lowest BCUT2D eigenvalue weighted by molar-refractivity contribution is -0.122. The molecule has 1 unspecified atom stereocenters. The lowest BCUT2D eigenvalue weighted by atomic mass is 9.48. The van der Waals surface area contributed by atoms with Crippen molar-refractivity contribution in [3.8, 4) is 5.75 Å². The maximum absolute atomic E-state index is 13.0. The van der Waals surface area contributed by atoms with Gasteiger partial charge in [-0.2, -0.15) is 0 Å². The van der Waals surface area contributed by atoms with Gasteiger partial charge in [0.25, 0.3) is 0 Å². The SMILES string of the molecule is COc1ccccc1C(=O)CC[C@H]1CC[C@H]2[C@@H]3CCC4NC(=O)C=C[C@]4(C)[C@H]3CC[C@]12C. The molecule has 3 saturated carbocycles. The molecule has 0 aromatic heterocycles. The first-order valence-electron chi connectivity index (χ1n) is 12.5. The van der Waals surface area contributed by atoms with Crippen molar-refractivity contribution in [2.24, 2.45) is 34.5 Å². The fourth-order valence-corrected chi connectivity index (χ4v) is 8.23. The summed E-state index contributed by atoms with van der Waals surface area (Å²) in [7, 11) is 1.63. The first kappa shape index (κ1) is 21.7. The van der Waals surface area contributed by atoms with E-state index in [1.54, 1.807) is 13.2 Å². The van der Waals surface area contributed by atoms with Gasteiger partial charge in [0, 0.05) is 17.9 Å². The van der Waals surface area contributed by atoms with E-state index >= 15 is 0 Å². The van der Waals surface area contributed by atoms with Gasteiger partial charge in [-0.15, -0.1) is 0 Å². The first-order chi connectivity index (χ1) is 15.4. The summed E-state index contributed by atoms with van der Waals surface area (Å²) < 4.78 is 5.41. The van der Waals surface area contributed by atoms with E-state index in [1.165, 1.54) is 32.1 Å². The second-order valence-electron chi connectivity index (χ2n) is 11.2. The summed E-state index contributed by atoms with van der Waals surface area (Å²) in [5.41, 5.74) is 1.15. The molecule has 1 heterocycles. The Hall–Kier alpha value is -2.10. The van der Waals surface area contributed by atoms with Crippen molar-refractivity contribution in [2.45, 2.75) is 71.3 Å². The molecule has 0 radical (unpaired) electrons. The van der Waals surface area contributed by atoms with E-state index in [0.717, 1.165) is 30.2 Å². The molecule has 0 bridgehead atoms. The minimum absolute atomic E-state index is 0.0761. The summed E-state index contributed by atoms with van der Waals surface area (Å²) in [4.78, 5) is 24.9. The normalized spacial score (nSPS) is 40.1. The lowest BCUT2D eigenvalue weighted by Crippen LogP contribution is -2.59. The molecule has 0 spiro atoms. The Morgan fingerprint density at radius 1 is 1.09 bits per heavy atom. The van der Waals surface area contributed by atoms with Crippen LogP contribution in [0.15, 0.2) is 36.4 Å². The number of fused-ring (bicyclic) bond motifs is 5. The fraction of sp³-hybridized carbons (Fsp3) is 0.643. The number of amides is 1. The van der Waals surface area contributed by atoms with Gasteiger partial charge < -0.3 is 10.1 Å². The van der Waals surface area contributed by atoms with Crippen LogP contribution in [0.3, 0.4) is 0 Å². The van der Waals surface area contributed by atoms with E-state index in [-0.39, 0.29) is 17.1 Å². The molecule has 4 aliphatic rings. The summed E-state index contributed by atoms with van der Waals surface area (Å²) in [6.45, 7) is 4.90. The standard InChI is InChI=1S/C28H37NO3/c1-27-16-14-22-19(10-13-25-28(22,2)17-15-26(31)29-25)21(27)11-8-18(27)9-12-23(30)20-6-4-5-7-24(20)32-3/h4-7,15,17-19,21-22,25H,8-14,16H2,1-3H3,(H,29,31)/t18-,19+,21+,22+,25?,27-,28-/m1/s1. The molecule has 1 aromatic rings. The minimum Gasteiger partial charge on any atom is -0.496 e. The summed E-state index contributed by atoms with van der Waals surface area (Å²) >= 11 is 0. The average Bonchev–Trinajstić information content (AvgIpc) is 3.14. The smallest absolute Gasteiger partial charge is 0.243 e. The molecular weight excluding hydrogens is 398 g/mol. The van der Waals surface area contributed by atoms with Crippen molar-refractivity contribution >= 4 is 11.7 Å². The molecule has 4 nitrogen and oxygen atoms in total. The third kappa shape index (κ3) is 3.33. The molecule has 3 fully saturated rings. The number of Topliss-reactive ketones (excluding diaryl/α,β-unsaturated/α-hetero) is 1. The molecule has 5 rings (SSSR count). The van der Waals surface area contributed by atoms with Gasteiger partial charge in [0.15, 0.2) is 5.78 Å². The summed E-state index contributed by atoms with van der Waals surface area (Å²) in [6.07, 6.45) is 12.9. The number of rotatable bonds is 5. The number of ether oxygens (including phenoxy) is 1. The van der Waals surface area contributed by atoms with Crippen molar-refractivity contribution in [3.05, 3.63) is 42.0 Å². The summed E-state index contributed by atoms with van der Waals surface area (Å²) in [6, 6.07) is 7.89. The molecular formula is C28H37NO3. The average molecular weight is 436 g/mol. The van der Waals surface area contributed by atoms with Crippen LogP contribution in [0.1, 0.15) is 75.6 Å². The van der Waals surface area contributed by atoms with Crippen molar-refractivity contribution < 1.29 is 14.3 Å². The zero-order valence-electron chi connectivity index (χ0n) is 19.7. The molecule has 1 amide bonds. The topological polar surface area (TPSA) is 55.4 Å². The van der Waals surface area contributed by atoms with Crippen LogP contribution < -0.4 is 10.1 Å². The van der Waals surface area contributed by atoms with E-state index in [1.807, 2.05) is 24.3 Å². The zero-order valence-corrected chi connectivity index (χ0v) is 19.7. The number of carbonyl (C=O) groups is 2. The van der Waals surface area contributed by atoms with Crippen LogP contribution in [0.25, 0.3) is 0 Å². The van der Waals surface area contributed by atoms with E-state index in [9.17, 15) is 9.59 Å². The molecule has 7 atom stereocenters. The van der Waals surface area contributed by atoms with Crippen LogP contribution in [-0.4, -0.2) is 24.8 Å². The van der Waals surface area contributed by atoms with Crippen LogP contribution in [0.4, 0.5) is 0 Å². The van der Waals surface area contributed by atoms with E-state index < -0.39 is 0 Å². The predicted molar refractivity (Wildman–Crippen MR) is 126 cm³/mol. The molecule has 1 aliphatic heterocycles. The number of methoxy groups -OCH3 is 1. The molecule has 0 saturated heterocycles. The van der Waals surface area contributed by atoms with Crippen molar-refractivity contribution in [1.29, 1.82) is 0 Å². The quantitative estimate of drug-likeness (QED) is 0.615. The highest BCUT2D eigenvalue weighted by Gasteiger charge is 2.59. The highest BCUT2D eigenvalue weighted by molar-refractivity contribution is 5.98. The Bertz CT molecular complexity index is 938. The Balaban J connectivity index is 1.29. The molecule has 3 aliphatic carbocycles. The lowest BCUT2D eigenvalue weighted by Gasteiger charge is -2.59. The Kier molecular flexibility index (Phi) is 5.46. The maximum Gasteiger partial charge on any atom is 0.243 e. The fourth-order valence-electron chi connectivity index (χ4n) is 8.23. The number of hydrogen-bond donors (Lipinski definition) is 1. The highest BCUT2D eigenvalue weighted by atomic mass is 16.5. The molecule has 32 heavy (non-hydrogen) atoms. The maximum atomic E-state index is 13.0. The van der Waals surface area contributed by atoms with Gasteiger partial charge in [0.05, 0.1) is 12.7 Å². The monoisotopic (exact) mass is 435 g/mol. The number of nitrogens with one attached hydrogen (secondary N) is 1. The van der Waals surface area contributed by atoms with Gasteiger partial charge in [-0.1, -0.05) is 32.1 Å². The second-order valence-corrected chi connectivity index (χ2v) is 11.2. The third-order valence-electron chi connectivity index (χ3n) is 10.0. The van der Waals surface area contributed by atoms with Crippen molar-refractivity contribution in [3.63, 3.8) is 0 Å². The Labute approximate surface area is 192 Å². The molecule has 1 aromatic carbocycles. The number of para-hydroxylation sites is 1. The van der Waals surface area contributed by atoms with Gasteiger partial charge in [0.2, 0.25) is 5.91 Å². The largest absolute Gasteiger partial charge is 0.496 e. The van der Waals surface area contributed by atoms with E-state index in [0.29, 0.717) is 35.5 Å². The van der Waals surface area contributed by atoms with E-state index in [2.05, 4.69) is 25.2 Å². The van der Waals surface area contributed by atoms with Crippen LogP contribution >= 0.6 is 0 Å². The van der Waals surface area contributed by atoms with Crippen molar-refractivity contribution in [1.82, 2.24) is 5.32 Å². The first-order valence-corrected chi connectivity index (χ1v) is 12.5. The second kappa shape index (κ2) is 8.04. The summed E-state index contributed by atoms with van der Waals surface area (Å²) in [5.74, 6) is 3.74. The number of carbonyl (C=O) groups excluding carboxylic acids is 2. The van der Waals surface area contributed by atoms with Crippen molar-refractivity contribution in [2.75, 3.05) is 7.11 Å². The molecule has 4 heteroatoms. The van der Waals surface area contributed by atoms with Crippen LogP contribution in [0, 0.1) is 34.5 Å². The summed E-state index contributed by atoms with van der Waals surface area (Å²) in [5, 5.41) is 3.25. The molecule has 1 N–H and O–H groups in total. The van der Waals surface area contributed by atoms with Gasteiger partial charge in [-0.3, -0.25) is 9.59 Å². The third-order valence-corrected chi connectivity index (χ3v) is 10.0. The highest BCUT2D eigenvalue weighted by Crippen LogP contribution is 2.65. The predicted octanol–water partition coefficient (Wildman–Crippen LogP) is 5.57. The van der Waals surface area contributed by atoms with Gasteiger partial charge in [0.1, 0.15) is 5.75 Å². The Morgan fingerprint density at radius 2 is 1.91 bits per heavy atom. The zero-order chi connectivity index (χ0) is 22.5. The number of hydrogen-bond acceptors (Lipinski definition) is 3. The number of ketones is 1. The van der Waals surface area contributed by atoms with Gasteiger partial charge in [-0.25, -0.2) is 0 Å². The van der Waals surface area contributed by atoms with E-state index in [4.69, 9.17) is 4.74 Å². The van der Waals surface area contributed by atoms with Crippen LogP contribution in [0.2, 0.25) is 0 Å². The Morgan fingerprint density at radius 3 is 2.72 bits per heavy atom. The minimum atomic E-state index is 0.0761. The van der Waals surface area contributed by atoms with Crippen LogP contribution in [0.5, 0.6) is 5.75 Å². The molecule has 172 valence electrons.